The largest absolute Gasteiger partial charge is 0.495 e. The van der Waals surface area contributed by atoms with Gasteiger partial charge in [-0.2, -0.15) is 0 Å². The molecule has 0 fully saturated rings. The van der Waals surface area contributed by atoms with Gasteiger partial charge in [0.05, 0.1) is 30.3 Å². The van der Waals surface area contributed by atoms with Crippen LogP contribution in [0.4, 0.5) is 18.9 Å². The van der Waals surface area contributed by atoms with Gasteiger partial charge in [-0.3, -0.25) is 4.79 Å². The second-order valence-electron chi connectivity index (χ2n) is 6.80. The summed E-state index contributed by atoms with van der Waals surface area (Å²) in [5.74, 6) is -4.52. The zero-order valence-electron chi connectivity index (χ0n) is 17.6. The van der Waals surface area contributed by atoms with Crippen LogP contribution in [0.15, 0.2) is 58.4 Å². The first-order valence-corrected chi connectivity index (χ1v) is 10.6. The molecule has 1 amide bonds. The maximum Gasteiger partial charge on any atom is 0.253 e. The number of dihydropyridines is 1. The summed E-state index contributed by atoms with van der Waals surface area (Å²) in [5, 5.41) is 6.18. The Kier molecular flexibility index (Phi) is 7.15. The average molecular weight is 459 g/mol. The number of para-hydroxylation sites is 2. The van der Waals surface area contributed by atoms with Gasteiger partial charge in [-0.25, -0.2) is 18.0 Å². The molecule has 9 heteroatoms. The molecule has 0 saturated heterocycles. The van der Waals surface area contributed by atoms with Crippen molar-refractivity contribution in [3.05, 3.63) is 92.8 Å². The van der Waals surface area contributed by atoms with E-state index in [1.165, 1.54) is 18.9 Å². The number of nitrogens with zero attached hydrogens (tertiary/aromatic N) is 1. The molecule has 1 atom stereocenters. The van der Waals surface area contributed by atoms with E-state index in [0.717, 1.165) is 0 Å². The number of allylic oxidation sites excluding steroid dienone is 2. The fraction of sp³-hybridized carbons (Fsp3) is 0.217. The molecule has 2 N–H and O–H groups in total. The third kappa shape index (κ3) is 4.46. The smallest absolute Gasteiger partial charge is 0.253 e. The Balaban J connectivity index is 2.16. The van der Waals surface area contributed by atoms with Crippen LogP contribution in [0.25, 0.3) is 4.85 Å². The molecule has 0 radical (unpaired) electrons. The lowest BCUT2D eigenvalue weighted by atomic mass is 9.84. The number of hydrogen-bond donors (Lipinski definition) is 2. The molecule has 5 nitrogen and oxygen atoms in total. The highest BCUT2D eigenvalue weighted by molar-refractivity contribution is 8.03. The van der Waals surface area contributed by atoms with Crippen LogP contribution in [-0.4, -0.2) is 18.8 Å². The van der Waals surface area contributed by atoms with E-state index >= 15 is 0 Å². The molecular formula is C23H20F3N3O2S. The quantitative estimate of drug-likeness (QED) is 0.439. The van der Waals surface area contributed by atoms with Crippen LogP contribution in [-0.2, 0) is 4.79 Å². The van der Waals surface area contributed by atoms with Gasteiger partial charge in [-0.05, 0) is 36.4 Å². The molecule has 2 aromatic rings. The van der Waals surface area contributed by atoms with Crippen molar-refractivity contribution in [3.63, 3.8) is 0 Å². The summed E-state index contributed by atoms with van der Waals surface area (Å²) in [4.78, 5) is 16.9. The predicted molar refractivity (Wildman–Crippen MR) is 118 cm³/mol. The number of amides is 1. The number of nitrogens with one attached hydrogen (secondary N) is 2. The monoisotopic (exact) mass is 459 g/mol. The van der Waals surface area contributed by atoms with E-state index in [4.69, 9.17) is 11.3 Å². The van der Waals surface area contributed by atoms with Crippen molar-refractivity contribution in [2.45, 2.75) is 19.8 Å². The lowest BCUT2D eigenvalue weighted by Gasteiger charge is -2.30. The van der Waals surface area contributed by atoms with Crippen LogP contribution in [0.1, 0.15) is 25.3 Å². The molecule has 0 saturated carbocycles. The van der Waals surface area contributed by atoms with Gasteiger partial charge in [0.2, 0.25) is 5.70 Å². The van der Waals surface area contributed by atoms with Gasteiger partial charge in [0, 0.05) is 17.3 Å². The summed E-state index contributed by atoms with van der Waals surface area (Å²) in [6.07, 6.45) is 0. The van der Waals surface area contributed by atoms with E-state index in [-0.39, 0.29) is 16.8 Å². The minimum atomic E-state index is -1.35. The first kappa shape index (κ1) is 23.3. The summed E-state index contributed by atoms with van der Waals surface area (Å²) in [7, 11) is 1.45. The Hall–Kier alpha value is -3.38. The normalized spacial score (nSPS) is 15.8. The highest BCUT2D eigenvalue weighted by Crippen LogP contribution is 2.43. The molecule has 1 aliphatic rings. The van der Waals surface area contributed by atoms with E-state index in [2.05, 4.69) is 15.5 Å². The topological polar surface area (TPSA) is 54.7 Å². The first-order valence-electron chi connectivity index (χ1n) is 9.63. The number of carbonyl (C=O) groups is 1. The minimum absolute atomic E-state index is 0.0206. The van der Waals surface area contributed by atoms with Crippen molar-refractivity contribution in [3.8, 4) is 5.75 Å². The molecule has 1 unspecified atom stereocenters. The zero-order chi connectivity index (χ0) is 23.4. The van der Waals surface area contributed by atoms with Crippen LogP contribution in [0.5, 0.6) is 5.75 Å². The van der Waals surface area contributed by atoms with Gasteiger partial charge in [-0.15, -0.1) is 11.8 Å². The van der Waals surface area contributed by atoms with Crippen molar-refractivity contribution >= 4 is 23.4 Å². The SMILES string of the molecule is [C-]#[N+]C1=C(SCC)NC(C)=C(C(=O)Nc2ccccc2OC)C1c1cc(F)c(F)cc1F. The van der Waals surface area contributed by atoms with Crippen molar-refractivity contribution in [2.24, 2.45) is 0 Å². The van der Waals surface area contributed by atoms with E-state index < -0.39 is 29.3 Å². The zero-order valence-corrected chi connectivity index (χ0v) is 18.4. The maximum absolute atomic E-state index is 14.8. The maximum atomic E-state index is 14.8. The number of ether oxygens (including phenoxy) is 1. The Morgan fingerprint density at radius 1 is 1.22 bits per heavy atom. The summed E-state index contributed by atoms with van der Waals surface area (Å²) >= 11 is 1.30. The highest BCUT2D eigenvalue weighted by Gasteiger charge is 2.37. The summed E-state index contributed by atoms with van der Waals surface area (Å²) in [6.45, 7) is 11.2. The van der Waals surface area contributed by atoms with Crippen LogP contribution >= 0.6 is 11.8 Å². The fourth-order valence-corrected chi connectivity index (χ4v) is 4.28. The van der Waals surface area contributed by atoms with Crippen molar-refractivity contribution in [2.75, 3.05) is 18.2 Å². The first-order chi connectivity index (χ1) is 15.3. The second-order valence-corrected chi connectivity index (χ2v) is 8.07. The number of anilines is 1. The Morgan fingerprint density at radius 3 is 2.56 bits per heavy atom. The van der Waals surface area contributed by atoms with Gasteiger partial charge in [0.25, 0.3) is 5.91 Å². The number of halogens is 3. The number of rotatable bonds is 6. The van der Waals surface area contributed by atoms with E-state index in [0.29, 0.717) is 40.0 Å². The highest BCUT2D eigenvalue weighted by atomic mass is 32.2. The van der Waals surface area contributed by atoms with Gasteiger partial charge in [0.15, 0.2) is 11.6 Å². The molecule has 32 heavy (non-hydrogen) atoms. The number of carbonyl (C=O) groups excluding carboxylic acids is 1. The van der Waals surface area contributed by atoms with Crippen molar-refractivity contribution in [1.82, 2.24) is 5.32 Å². The lowest BCUT2D eigenvalue weighted by molar-refractivity contribution is -0.113. The molecule has 0 bridgehead atoms. The summed E-state index contributed by atoms with van der Waals surface area (Å²) in [6, 6.07) is 7.83. The summed E-state index contributed by atoms with van der Waals surface area (Å²) in [5.41, 5.74) is 0.488. The van der Waals surface area contributed by atoms with Gasteiger partial charge in [-0.1, -0.05) is 19.1 Å². The van der Waals surface area contributed by atoms with Crippen LogP contribution < -0.4 is 15.4 Å². The van der Waals surface area contributed by atoms with Crippen molar-refractivity contribution < 1.29 is 22.7 Å². The molecule has 166 valence electrons. The number of methoxy groups -OCH3 is 1. The number of benzene rings is 2. The lowest BCUT2D eigenvalue weighted by Crippen LogP contribution is -2.31. The van der Waals surface area contributed by atoms with Crippen LogP contribution in [0.3, 0.4) is 0 Å². The molecule has 0 aliphatic carbocycles. The Bertz CT molecular complexity index is 1170. The van der Waals surface area contributed by atoms with Crippen LogP contribution in [0, 0.1) is 24.0 Å². The Morgan fingerprint density at radius 2 is 1.91 bits per heavy atom. The fourth-order valence-electron chi connectivity index (χ4n) is 3.46. The molecule has 1 aliphatic heterocycles. The molecule has 3 rings (SSSR count). The molecule has 0 aromatic heterocycles. The molecule has 1 heterocycles. The van der Waals surface area contributed by atoms with Gasteiger partial charge < -0.3 is 15.4 Å². The number of hydrogen-bond acceptors (Lipinski definition) is 4. The van der Waals surface area contributed by atoms with Gasteiger partial charge >= 0.3 is 0 Å². The average Bonchev–Trinajstić information content (AvgIpc) is 2.76. The minimum Gasteiger partial charge on any atom is -0.495 e. The standard InChI is InChI=1S/C23H20F3N3O2S/c1-5-32-23-21(27-3)20(13-10-15(25)16(26)11-14(13)24)19(12(2)28-23)22(30)29-17-8-6-7-9-18(17)31-4/h6-11,20,28H,5H2,1-2,4H3,(H,29,30). The molecule has 2 aromatic carbocycles. The van der Waals surface area contributed by atoms with E-state index in [1.807, 2.05) is 6.92 Å². The third-order valence-corrected chi connectivity index (χ3v) is 5.75. The summed E-state index contributed by atoms with van der Waals surface area (Å²) < 4.78 is 47.7. The second kappa shape index (κ2) is 9.83. The van der Waals surface area contributed by atoms with Gasteiger partial charge in [0.1, 0.15) is 11.6 Å². The van der Waals surface area contributed by atoms with Crippen molar-refractivity contribution in [1.29, 1.82) is 0 Å². The number of thioether (sulfide) groups is 1. The van der Waals surface area contributed by atoms with Crippen LogP contribution in [0.2, 0.25) is 0 Å². The Labute approximate surface area is 188 Å². The third-order valence-electron chi connectivity index (χ3n) is 4.86. The van der Waals surface area contributed by atoms with E-state index in [9.17, 15) is 18.0 Å². The predicted octanol–water partition coefficient (Wildman–Crippen LogP) is 5.55. The van der Waals surface area contributed by atoms with E-state index in [1.54, 1.807) is 31.2 Å². The molecular weight excluding hydrogens is 439 g/mol. The molecule has 0 spiro atoms.